The summed E-state index contributed by atoms with van der Waals surface area (Å²) in [5, 5.41) is 0. The number of aldehydes is 1. The maximum absolute atomic E-state index is 11.9. The molecule has 4 atom stereocenters. The standard InChI is InChI=1S/C12H18O4/c1-12(2,3)16-11(14)9-5-7-4-8(9)10(6-13)15-7/h6-10H,4-5H2,1-3H3/t7?,8?,9?,10-/m0/s1. The zero-order valence-electron chi connectivity index (χ0n) is 9.93. The molecule has 1 aliphatic carbocycles. The molecule has 0 aromatic rings. The Morgan fingerprint density at radius 3 is 2.56 bits per heavy atom. The van der Waals surface area contributed by atoms with E-state index in [9.17, 15) is 9.59 Å². The Hall–Kier alpha value is -0.900. The van der Waals surface area contributed by atoms with Crippen LogP contribution in [0.4, 0.5) is 0 Å². The van der Waals surface area contributed by atoms with Crippen molar-refractivity contribution >= 4 is 12.3 Å². The number of carbonyl (C=O) groups excluding carboxylic acids is 2. The Morgan fingerprint density at radius 1 is 1.38 bits per heavy atom. The second kappa shape index (κ2) is 3.84. The van der Waals surface area contributed by atoms with Gasteiger partial charge in [0.15, 0.2) is 0 Å². The molecule has 0 spiro atoms. The lowest BCUT2D eigenvalue weighted by Crippen LogP contribution is -2.37. The average molecular weight is 226 g/mol. The van der Waals surface area contributed by atoms with Crippen LogP contribution >= 0.6 is 0 Å². The predicted octanol–water partition coefficient (Wildman–Crippen LogP) is 1.32. The van der Waals surface area contributed by atoms with Crippen LogP contribution in [-0.4, -0.2) is 30.1 Å². The van der Waals surface area contributed by atoms with Crippen LogP contribution < -0.4 is 0 Å². The van der Waals surface area contributed by atoms with E-state index in [1.54, 1.807) is 0 Å². The molecule has 4 heteroatoms. The van der Waals surface area contributed by atoms with Crippen molar-refractivity contribution in [2.24, 2.45) is 11.8 Å². The summed E-state index contributed by atoms with van der Waals surface area (Å²) in [5.41, 5.74) is -0.462. The van der Waals surface area contributed by atoms with E-state index in [0.29, 0.717) is 6.42 Å². The third kappa shape index (κ3) is 2.12. The summed E-state index contributed by atoms with van der Waals surface area (Å²) in [7, 11) is 0. The number of rotatable bonds is 2. The number of hydrogen-bond acceptors (Lipinski definition) is 4. The Kier molecular flexibility index (Phi) is 2.78. The zero-order chi connectivity index (χ0) is 11.9. The number of ether oxygens (including phenoxy) is 2. The second-order valence-electron chi connectivity index (χ2n) is 5.63. The summed E-state index contributed by atoms with van der Waals surface area (Å²) in [4.78, 5) is 22.7. The van der Waals surface area contributed by atoms with Crippen molar-refractivity contribution in [2.45, 2.75) is 51.4 Å². The van der Waals surface area contributed by atoms with E-state index in [2.05, 4.69) is 0 Å². The molecule has 4 nitrogen and oxygen atoms in total. The summed E-state index contributed by atoms with van der Waals surface area (Å²) in [6, 6.07) is 0. The van der Waals surface area contributed by atoms with Gasteiger partial charge >= 0.3 is 5.97 Å². The first-order valence-electron chi connectivity index (χ1n) is 5.74. The van der Waals surface area contributed by atoms with Gasteiger partial charge in [-0.15, -0.1) is 0 Å². The van der Waals surface area contributed by atoms with Crippen LogP contribution in [-0.2, 0) is 19.1 Å². The molecule has 1 heterocycles. The largest absolute Gasteiger partial charge is 0.460 e. The average Bonchev–Trinajstić information content (AvgIpc) is 2.72. The third-order valence-corrected chi connectivity index (χ3v) is 3.18. The van der Waals surface area contributed by atoms with Gasteiger partial charge in [0.2, 0.25) is 0 Å². The highest BCUT2D eigenvalue weighted by Gasteiger charge is 2.51. The predicted molar refractivity (Wildman–Crippen MR) is 56.8 cm³/mol. The second-order valence-corrected chi connectivity index (χ2v) is 5.63. The van der Waals surface area contributed by atoms with Crippen LogP contribution in [0, 0.1) is 11.8 Å². The van der Waals surface area contributed by atoms with Crippen molar-refractivity contribution in [3.05, 3.63) is 0 Å². The van der Waals surface area contributed by atoms with Gasteiger partial charge in [-0.1, -0.05) is 0 Å². The summed E-state index contributed by atoms with van der Waals surface area (Å²) >= 11 is 0. The van der Waals surface area contributed by atoms with Gasteiger partial charge < -0.3 is 14.3 Å². The molecule has 90 valence electrons. The first-order chi connectivity index (χ1) is 7.40. The minimum Gasteiger partial charge on any atom is -0.460 e. The van der Waals surface area contributed by atoms with Gasteiger partial charge in [0.25, 0.3) is 0 Å². The van der Waals surface area contributed by atoms with Crippen molar-refractivity contribution in [1.82, 2.24) is 0 Å². The summed E-state index contributed by atoms with van der Waals surface area (Å²) in [6.45, 7) is 5.56. The molecule has 2 aliphatic rings. The number of esters is 1. The van der Waals surface area contributed by atoms with E-state index in [4.69, 9.17) is 9.47 Å². The van der Waals surface area contributed by atoms with Crippen LogP contribution in [0.25, 0.3) is 0 Å². The maximum atomic E-state index is 11.9. The lowest BCUT2D eigenvalue weighted by molar-refractivity contribution is -0.165. The summed E-state index contributed by atoms with van der Waals surface area (Å²) in [5.74, 6) is -0.319. The quantitative estimate of drug-likeness (QED) is 0.526. The maximum Gasteiger partial charge on any atom is 0.309 e. The van der Waals surface area contributed by atoms with Crippen molar-refractivity contribution < 1.29 is 19.1 Å². The van der Waals surface area contributed by atoms with Crippen LogP contribution in [0.2, 0.25) is 0 Å². The highest BCUT2D eigenvalue weighted by Crippen LogP contribution is 2.44. The fourth-order valence-electron chi connectivity index (χ4n) is 2.60. The lowest BCUT2D eigenvalue weighted by Gasteiger charge is -2.28. The number of carbonyl (C=O) groups is 2. The summed E-state index contributed by atoms with van der Waals surface area (Å²) in [6.07, 6.45) is 1.98. The summed E-state index contributed by atoms with van der Waals surface area (Å²) < 4.78 is 10.8. The lowest BCUT2D eigenvalue weighted by atomic mass is 9.91. The fraction of sp³-hybridized carbons (Fsp3) is 0.833. The molecule has 2 fully saturated rings. The monoisotopic (exact) mass is 226 g/mol. The smallest absolute Gasteiger partial charge is 0.309 e. The van der Waals surface area contributed by atoms with Crippen molar-refractivity contribution in [1.29, 1.82) is 0 Å². The first-order valence-corrected chi connectivity index (χ1v) is 5.74. The molecular formula is C12H18O4. The van der Waals surface area contributed by atoms with Gasteiger partial charge in [0.1, 0.15) is 18.0 Å². The number of fused-ring (bicyclic) bond motifs is 2. The van der Waals surface area contributed by atoms with Gasteiger partial charge in [0.05, 0.1) is 12.0 Å². The molecular weight excluding hydrogens is 208 g/mol. The number of hydrogen-bond donors (Lipinski definition) is 0. The molecule has 1 aliphatic heterocycles. The van der Waals surface area contributed by atoms with E-state index >= 15 is 0 Å². The van der Waals surface area contributed by atoms with Crippen LogP contribution in [0.5, 0.6) is 0 Å². The normalized spacial score (nSPS) is 37.4. The molecule has 2 rings (SSSR count). The molecule has 0 N–H and O–H groups in total. The molecule has 2 bridgehead atoms. The van der Waals surface area contributed by atoms with E-state index < -0.39 is 11.7 Å². The van der Waals surface area contributed by atoms with E-state index in [1.807, 2.05) is 20.8 Å². The van der Waals surface area contributed by atoms with Crippen molar-refractivity contribution in [3.63, 3.8) is 0 Å². The SMILES string of the molecule is CC(C)(C)OC(=O)C1CC2CC1[C@H](C=O)O2. The van der Waals surface area contributed by atoms with Gasteiger partial charge in [0, 0.05) is 5.92 Å². The van der Waals surface area contributed by atoms with Gasteiger partial charge in [-0.25, -0.2) is 0 Å². The van der Waals surface area contributed by atoms with Crippen LogP contribution in [0.15, 0.2) is 0 Å². The molecule has 0 aromatic heterocycles. The van der Waals surface area contributed by atoms with Gasteiger partial charge in [-0.2, -0.15) is 0 Å². The molecule has 16 heavy (non-hydrogen) atoms. The Labute approximate surface area is 95.3 Å². The molecule has 1 saturated heterocycles. The van der Waals surface area contributed by atoms with E-state index in [-0.39, 0.29) is 23.9 Å². The Balaban J connectivity index is 2.01. The molecule has 0 aromatic carbocycles. The molecule has 0 radical (unpaired) electrons. The fourth-order valence-corrected chi connectivity index (χ4v) is 2.60. The Bertz CT molecular complexity index is 305. The minimum absolute atomic E-state index is 0.0253. The zero-order valence-corrected chi connectivity index (χ0v) is 9.93. The van der Waals surface area contributed by atoms with Crippen LogP contribution in [0.3, 0.4) is 0 Å². The van der Waals surface area contributed by atoms with Crippen molar-refractivity contribution in [2.75, 3.05) is 0 Å². The van der Waals surface area contributed by atoms with Crippen LogP contribution in [0.1, 0.15) is 33.6 Å². The first kappa shape index (κ1) is 11.6. The van der Waals surface area contributed by atoms with E-state index in [0.717, 1.165) is 12.7 Å². The molecule has 1 saturated carbocycles. The molecule has 3 unspecified atom stereocenters. The third-order valence-electron chi connectivity index (χ3n) is 3.18. The van der Waals surface area contributed by atoms with Gasteiger partial charge in [-0.3, -0.25) is 4.79 Å². The minimum atomic E-state index is -0.462. The Morgan fingerprint density at radius 2 is 2.06 bits per heavy atom. The topological polar surface area (TPSA) is 52.6 Å². The van der Waals surface area contributed by atoms with Gasteiger partial charge in [-0.05, 0) is 33.6 Å². The van der Waals surface area contributed by atoms with E-state index in [1.165, 1.54) is 0 Å². The molecule has 0 amide bonds. The highest BCUT2D eigenvalue weighted by molar-refractivity contribution is 5.75. The van der Waals surface area contributed by atoms with Crippen molar-refractivity contribution in [3.8, 4) is 0 Å². The highest BCUT2D eigenvalue weighted by atomic mass is 16.6.